The van der Waals surface area contributed by atoms with Crippen molar-refractivity contribution >= 4 is 23.2 Å². The van der Waals surface area contributed by atoms with Gasteiger partial charge in [-0.05, 0) is 48.4 Å². The van der Waals surface area contributed by atoms with E-state index in [1.165, 1.54) is 0 Å². The highest BCUT2D eigenvalue weighted by Gasteiger charge is 2.22. The second-order valence-electron chi connectivity index (χ2n) is 7.36. The van der Waals surface area contributed by atoms with Crippen LogP contribution in [0.1, 0.15) is 12.0 Å². The molecule has 1 fully saturated rings. The molecule has 0 aliphatic carbocycles. The van der Waals surface area contributed by atoms with Gasteiger partial charge >= 0.3 is 0 Å². The lowest BCUT2D eigenvalue weighted by atomic mass is 10.1. The van der Waals surface area contributed by atoms with Crippen molar-refractivity contribution in [1.29, 1.82) is 0 Å². The minimum absolute atomic E-state index is 0.192. The van der Waals surface area contributed by atoms with Crippen molar-refractivity contribution in [3.8, 4) is 5.75 Å². The van der Waals surface area contributed by atoms with Crippen molar-refractivity contribution in [2.75, 3.05) is 43.5 Å². The maximum absolute atomic E-state index is 12.6. The minimum Gasteiger partial charge on any atom is -0.497 e. The number of benzene rings is 1. The first-order chi connectivity index (χ1) is 15.2. The summed E-state index contributed by atoms with van der Waals surface area (Å²) in [5.74, 6) is 2.51. The summed E-state index contributed by atoms with van der Waals surface area (Å²) in [4.78, 5) is 20.8. The maximum Gasteiger partial charge on any atom is 0.223 e. The van der Waals surface area contributed by atoms with E-state index in [9.17, 15) is 4.79 Å². The fourth-order valence-corrected chi connectivity index (χ4v) is 3.53. The van der Waals surface area contributed by atoms with Crippen LogP contribution in [0.5, 0.6) is 5.75 Å². The number of carbonyl (C=O) groups excluding carboxylic acids is 1. The molecule has 1 aliphatic rings. The van der Waals surface area contributed by atoms with E-state index in [0.717, 1.165) is 42.3 Å². The molecule has 1 aromatic carbocycles. The van der Waals surface area contributed by atoms with Crippen LogP contribution < -0.4 is 15.0 Å². The van der Waals surface area contributed by atoms with Crippen LogP contribution in [0, 0.1) is 0 Å². The van der Waals surface area contributed by atoms with Gasteiger partial charge in [-0.1, -0.05) is 12.1 Å². The van der Waals surface area contributed by atoms with Crippen LogP contribution in [-0.2, 0) is 11.2 Å². The van der Waals surface area contributed by atoms with E-state index in [4.69, 9.17) is 4.74 Å². The molecular weight excluding hydrogens is 392 g/mol. The van der Waals surface area contributed by atoms with Gasteiger partial charge in [0.2, 0.25) is 5.91 Å². The largest absolute Gasteiger partial charge is 0.497 e. The number of piperazine rings is 1. The predicted molar refractivity (Wildman–Crippen MR) is 120 cm³/mol. The normalized spacial score (nSPS) is 13.7. The molecule has 0 spiro atoms. The van der Waals surface area contributed by atoms with Crippen LogP contribution in [-0.4, -0.2) is 59.3 Å². The zero-order chi connectivity index (χ0) is 21.5. The number of pyridine rings is 1. The quantitative estimate of drug-likeness (QED) is 0.632. The van der Waals surface area contributed by atoms with Gasteiger partial charge in [0.25, 0.3) is 0 Å². The fourth-order valence-electron chi connectivity index (χ4n) is 3.53. The van der Waals surface area contributed by atoms with Crippen LogP contribution in [0.15, 0.2) is 60.9 Å². The number of hydrogen-bond donors (Lipinski definition) is 1. The van der Waals surface area contributed by atoms with Crippen LogP contribution in [0.3, 0.4) is 0 Å². The number of ether oxygens (including phenoxy) is 1. The zero-order valence-corrected chi connectivity index (χ0v) is 17.6. The van der Waals surface area contributed by atoms with Gasteiger partial charge < -0.3 is 19.9 Å². The van der Waals surface area contributed by atoms with Crippen LogP contribution in [0.4, 0.5) is 17.3 Å². The topological polar surface area (TPSA) is 83.5 Å². The molecular formula is C23H26N6O2. The molecule has 1 saturated heterocycles. The molecule has 1 N–H and O–H groups in total. The van der Waals surface area contributed by atoms with E-state index < -0.39 is 0 Å². The number of nitrogens with zero attached hydrogens (tertiary/aromatic N) is 5. The Morgan fingerprint density at radius 3 is 2.48 bits per heavy atom. The molecule has 0 saturated carbocycles. The van der Waals surface area contributed by atoms with Gasteiger partial charge in [0, 0.05) is 38.8 Å². The summed E-state index contributed by atoms with van der Waals surface area (Å²) in [6.45, 7) is 2.88. The number of hydrogen-bond acceptors (Lipinski definition) is 7. The Morgan fingerprint density at radius 1 is 1.03 bits per heavy atom. The smallest absolute Gasteiger partial charge is 0.223 e. The highest BCUT2D eigenvalue weighted by Crippen LogP contribution is 2.18. The predicted octanol–water partition coefficient (Wildman–Crippen LogP) is 2.91. The third kappa shape index (κ3) is 5.48. The number of methoxy groups -OCH3 is 1. The monoisotopic (exact) mass is 418 g/mol. The van der Waals surface area contributed by atoms with Crippen LogP contribution in [0.25, 0.3) is 0 Å². The Morgan fingerprint density at radius 2 is 1.84 bits per heavy atom. The summed E-state index contributed by atoms with van der Waals surface area (Å²) in [6.07, 6.45) is 4.71. The summed E-state index contributed by atoms with van der Waals surface area (Å²) >= 11 is 0. The first-order valence-corrected chi connectivity index (χ1v) is 10.4. The first kappa shape index (κ1) is 20.6. The number of carbonyl (C=O) groups is 1. The lowest BCUT2D eigenvalue weighted by Crippen LogP contribution is -2.49. The Balaban J connectivity index is 1.24. The third-order valence-corrected chi connectivity index (χ3v) is 5.33. The molecule has 2 aromatic heterocycles. The molecule has 0 unspecified atom stereocenters. The van der Waals surface area contributed by atoms with Crippen LogP contribution in [0.2, 0.25) is 0 Å². The van der Waals surface area contributed by atoms with Gasteiger partial charge in [-0.3, -0.25) is 9.78 Å². The molecule has 1 aliphatic heterocycles. The van der Waals surface area contributed by atoms with E-state index >= 15 is 0 Å². The van der Waals surface area contributed by atoms with Crippen molar-refractivity contribution in [2.24, 2.45) is 0 Å². The Kier molecular flexibility index (Phi) is 6.56. The van der Waals surface area contributed by atoms with E-state index in [1.54, 1.807) is 19.5 Å². The van der Waals surface area contributed by atoms with Gasteiger partial charge in [0.1, 0.15) is 5.75 Å². The lowest BCUT2D eigenvalue weighted by Gasteiger charge is -2.35. The number of aromatic nitrogens is 3. The average Bonchev–Trinajstić information content (AvgIpc) is 2.84. The van der Waals surface area contributed by atoms with Crippen LogP contribution >= 0.6 is 0 Å². The molecule has 8 heteroatoms. The molecule has 8 nitrogen and oxygen atoms in total. The second-order valence-corrected chi connectivity index (χ2v) is 7.36. The highest BCUT2D eigenvalue weighted by atomic mass is 16.5. The Hall–Kier alpha value is -3.68. The van der Waals surface area contributed by atoms with Crippen molar-refractivity contribution in [3.63, 3.8) is 0 Å². The number of rotatable bonds is 7. The first-order valence-electron chi connectivity index (χ1n) is 10.4. The number of nitrogens with one attached hydrogen (secondary N) is 1. The van der Waals surface area contributed by atoms with Gasteiger partial charge in [0.15, 0.2) is 11.6 Å². The molecule has 0 atom stereocenters. The molecule has 1 amide bonds. The van der Waals surface area contributed by atoms with Gasteiger partial charge in [-0.15, -0.1) is 10.2 Å². The number of aryl methyl sites for hydroxylation is 1. The second kappa shape index (κ2) is 9.88. The van der Waals surface area contributed by atoms with E-state index in [1.807, 2.05) is 53.4 Å². The lowest BCUT2D eigenvalue weighted by molar-refractivity contribution is -0.131. The molecule has 3 heterocycles. The highest BCUT2D eigenvalue weighted by molar-refractivity contribution is 5.76. The molecule has 0 radical (unpaired) electrons. The molecule has 0 bridgehead atoms. The molecule has 160 valence electrons. The number of amides is 1. The molecule has 4 rings (SSSR count). The summed E-state index contributed by atoms with van der Waals surface area (Å²) < 4.78 is 5.17. The Bertz CT molecular complexity index is 971. The van der Waals surface area contributed by atoms with Gasteiger partial charge in [-0.2, -0.15) is 0 Å². The van der Waals surface area contributed by atoms with Gasteiger partial charge in [-0.25, -0.2) is 0 Å². The minimum atomic E-state index is 0.192. The summed E-state index contributed by atoms with van der Waals surface area (Å²) in [5, 5.41) is 11.8. The maximum atomic E-state index is 12.6. The zero-order valence-electron chi connectivity index (χ0n) is 17.6. The van der Waals surface area contributed by atoms with E-state index in [0.29, 0.717) is 25.3 Å². The fraction of sp³-hybridized carbons (Fsp3) is 0.304. The van der Waals surface area contributed by atoms with Crippen molar-refractivity contribution in [2.45, 2.75) is 12.8 Å². The SMILES string of the molecule is COc1ccc(CCC(=O)N2CCN(c3ccc(Nc4cccnc4)nn3)CC2)cc1. The van der Waals surface area contributed by atoms with E-state index in [2.05, 4.69) is 25.4 Å². The standard InChI is InChI=1S/C23H26N6O2/c1-31-20-7-4-18(5-8-20)6-11-23(30)29-15-13-28(14-16-29)22-10-9-21(26-27-22)25-19-3-2-12-24-17-19/h2-5,7-10,12,17H,6,11,13-16H2,1H3,(H,25,26). The molecule has 3 aromatic rings. The summed E-state index contributed by atoms with van der Waals surface area (Å²) in [7, 11) is 1.65. The number of anilines is 3. The summed E-state index contributed by atoms with van der Waals surface area (Å²) in [6, 6.07) is 15.5. The van der Waals surface area contributed by atoms with Gasteiger partial charge in [0.05, 0.1) is 19.0 Å². The van der Waals surface area contributed by atoms with E-state index in [-0.39, 0.29) is 5.91 Å². The van der Waals surface area contributed by atoms with Crippen molar-refractivity contribution < 1.29 is 9.53 Å². The Labute approximate surface area is 181 Å². The third-order valence-electron chi connectivity index (χ3n) is 5.33. The van der Waals surface area contributed by atoms with Crippen molar-refractivity contribution in [3.05, 3.63) is 66.5 Å². The average molecular weight is 419 g/mol. The molecule has 31 heavy (non-hydrogen) atoms. The summed E-state index contributed by atoms with van der Waals surface area (Å²) in [5.41, 5.74) is 2.01. The van der Waals surface area contributed by atoms with Crippen molar-refractivity contribution in [1.82, 2.24) is 20.1 Å².